The Morgan fingerprint density at radius 3 is 2.57 bits per heavy atom. The molecule has 1 aliphatic heterocycles. The minimum atomic E-state index is -1.32. The highest BCUT2D eigenvalue weighted by Gasteiger charge is 2.36. The lowest BCUT2D eigenvalue weighted by atomic mass is 10.00. The van der Waals surface area contributed by atoms with E-state index in [1.807, 2.05) is 18.2 Å². The Morgan fingerprint density at radius 1 is 1.20 bits per heavy atom. The van der Waals surface area contributed by atoms with Gasteiger partial charge in [-0.05, 0) is 36.8 Å². The second-order valence-electron chi connectivity index (χ2n) is 7.07. The maximum atomic E-state index is 13.3. The maximum Gasteiger partial charge on any atom is 0.405 e. The molecule has 1 saturated heterocycles. The average molecular weight is 417 g/mol. The first-order valence-electron chi connectivity index (χ1n) is 9.70. The molecule has 0 spiro atoms. The van der Waals surface area contributed by atoms with Crippen LogP contribution in [0.2, 0.25) is 0 Å². The van der Waals surface area contributed by atoms with Crippen molar-refractivity contribution in [3.63, 3.8) is 0 Å². The van der Waals surface area contributed by atoms with Crippen LogP contribution in [0.4, 0.5) is 9.18 Å². The zero-order valence-electron chi connectivity index (χ0n) is 16.5. The van der Waals surface area contributed by atoms with Crippen molar-refractivity contribution >= 4 is 12.1 Å². The molecule has 0 aromatic heterocycles. The Bertz CT molecular complexity index is 844. The molecule has 3 rings (SSSR count). The van der Waals surface area contributed by atoms with Crippen LogP contribution in [0, 0.1) is 5.82 Å². The predicted octanol–water partition coefficient (Wildman–Crippen LogP) is 3.17. The highest BCUT2D eigenvalue weighted by atomic mass is 19.1. The van der Waals surface area contributed by atoms with Crippen LogP contribution in [0.1, 0.15) is 18.9 Å². The molecule has 0 bridgehead atoms. The van der Waals surface area contributed by atoms with Crippen LogP contribution in [0.5, 0.6) is 5.75 Å². The Morgan fingerprint density at radius 2 is 1.90 bits per heavy atom. The lowest BCUT2D eigenvalue weighted by molar-refractivity contribution is -0.157. The number of carbonyl (C=O) groups is 2. The molecular weight excluding hydrogens is 393 g/mol. The molecule has 160 valence electrons. The van der Waals surface area contributed by atoms with Gasteiger partial charge in [0.15, 0.2) is 6.10 Å². The number of para-hydroxylation sites is 1. The second kappa shape index (κ2) is 10.1. The Hall–Kier alpha value is -3.13. The van der Waals surface area contributed by atoms with Crippen LogP contribution in [0.15, 0.2) is 54.6 Å². The molecule has 8 heteroatoms. The summed E-state index contributed by atoms with van der Waals surface area (Å²) in [7, 11) is 0. The molecule has 4 atom stereocenters. The number of benzene rings is 2. The van der Waals surface area contributed by atoms with Crippen molar-refractivity contribution in [1.82, 2.24) is 5.32 Å². The molecule has 0 saturated carbocycles. The van der Waals surface area contributed by atoms with E-state index in [-0.39, 0.29) is 18.8 Å². The summed E-state index contributed by atoms with van der Waals surface area (Å²) < 4.78 is 31.0. The first-order chi connectivity index (χ1) is 14.4. The summed E-state index contributed by atoms with van der Waals surface area (Å²) in [5, 5.41) is 11.1. The first kappa shape index (κ1) is 21.6. The predicted molar refractivity (Wildman–Crippen MR) is 106 cm³/mol. The number of nitrogens with one attached hydrogen (secondary N) is 1. The minimum absolute atomic E-state index is 0.118. The van der Waals surface area contributed by atoms with E-state index in [9.17, 15) is 14.0 Å². The minimum Gasteiger partial charge on any atom is -0.484 e. The maximum absolute atomic E-state index is 13.3. The Kier molecular flexibility index (Phi) is 7.24. The summed E-state index contributed by atoms with van der Waals surface area (Å²) >= 11 is 0. The number of amides is 1. The van der Waals surface area contributed by atoms with Gasteiger partial charge in [-0.1, -0.05) is 30.3 Å². The van der Waals surface area contributed by atoms with Gasteiger partial charge in [0.25, 0.3) is 0 Å². The molecule has 2 aromatic rings. The first-order valence-corrected chi connectivity index (χ1v) is 9.70. The molecule has 0 aliphatic carbocycles. The molecular formula is C22H24FNO6. The third kappa shape index (κ3) is 5.93. The lowest BCUT2D eigenvalue weighted by Gasteiger charge is -2.31. The number of carboxylic acid groups (broad SMARTS) is 1. The zero-order chi connectivity index (χ0) is 21.5. The van der Waals surface area contributed by atoms with Gasteiger partial charge in [0.2, 0.25) is 0 Å². The lowest BCUT2D eigenvalue weighted by Crippen LogP contribution is -2.46. The summed E-state index contributed by atoms with van der Waals surface area (Å²) in [6, 6.07) is 14.1. The second-order valence-corrected chi connectivity index (χ2v) is 7.07. The molecule has 1 aliphatic rings. The number of halogens is 1. The molecule has 1 heterocycles. The van der Waals surface area contributed by atoms with Gasteiger partial charge in [-0.15, -0.1) is 0 Å². The van der Waals surface area contributed by atoms with Crippen molar-refractivity contribution in [2.24, 2.45) is 0 Å². The largest absolute Gasteiger partial charge is 0.484 e. The standard InChI is InChI=1S/C22H24FNO6/c1-14-20(30-17-5-3-2-4-6-17)19(13-15-7-9-16(23)10-8-15)28-12-11-18(21(25)29-14)24-22(26)27/h2-10,14,18-20,24H,11-13H2,1H3,(H,26,27)/t14-,18-,19+,20-/m0/s1. The fourth-order valence-corrected chi connectivity index (χ4v) is 3.32. The van der Waals surface area contributed by atoms with Crippen molar-refractivity contribution in [2.45, 2.75) is 44.1 Å². The van der Waals surface area contributed by atoms with Gasteiger partial charge in [0.05, 0.1) is 0 Å². The number of cyclic esters (lactones) is 1. The molecule has 1 fully saturated rings. The number of hydrogen-bond acceptors (Lipinski definition) is 5. The molecule has 1 amide bonds. The van der Waals surface area contributed by atoms with E-state index in [2.05, 4.69) is 5.32 Å². The molecule has 0 radical (unpaired) electrons. The summed E-state index contributed by atoms with van der Waals surface area (Å²) in [4.78, 5) is 23.5. The van der Waals surface area contributed by atoms with Gasteiger partial charge in [-0.3, -0.25) is 0 Å². The normalized spacial score (nSPS) is 24.7. The third-order valence-electron chi connectivity index (χ3n) is 4.82. The van der Waals surface area contributed by atoms with Crippen LogP contribution < -0.4 is 10.1 Å². The van der Waals surface area contributed by atoms with Crippen LogP contribution in [-0.4, -0.2) is 48.1 Å². The van der Waals surface area contributed by atoms with Crippen LogP contribution in [0.3, 0.4) is 0 Å². The van der Waals surface area contributed by atoms with E-state index in [1.54, 1.807) is 31.2 Å². The van der Waals surface area contributed by atoms with E-state index < -0.39 is 36.4 Å². The van der Waals surface area contributed by atoms with Crippen LogP contribution in [-0.2, 0) is 20.7 Å². The van der Waals surface area contributed by atoms with Gasteiger partial charge in [-0.25, -0.2) is 14.0 Å². The smallest absolute Gasteiger partial charge is 0.405 e. The van der Waals surface area contributed by atoms with Crippen molar-refractivity contribution in [3.05, 3.63) is 66.0 Å². The van der Waals surface area contributed by atoms with Crippen molar-refractivity contribution in [2.75, 3.05) is 6.61 Å². The number of hydrogen-bond donors (Lipinski definition) is 2. The summed E-state index contributed by atoms with van der Waals surface area (Å²) in [5.41, 5.74) is 0.834. The molecule has 2 aromatic carbocycles. The monoisotopic (exact) mass is 417 g/mol. The molecule has 7 nitrogen and oxygen atoms in total. The van der Waals surface area contributed by atoms with Gasteiger partial charge in [0.1, 0.15) is 29.8 Å². The Labute approximate surface area is 173 Å². The van der Waals surface area contributed by atoms with Crippen molar-refractivity contribution < 1.29 is 33.3 Å². The zero-order valence-corrected chi connectivity index (χ0v) is 16.5. The number of ether oxygens (including phenoxy) is 3. The molecule has 2 N–H and O–H groups in total. The third-order valence-corrected chi connectivity index (χ3v) is 4.82. The van der Waals surface area contributed by atoms with E-state index in [4.69, 9.17) is 19.3 Å². The quantitative estimate of drug-likeness (QED) is 0.726. The topological polar surface area (TPSA) is 94.1 Å². The van der Waals surface area contributed by atoms with Gasteiger partial charge < -0.3 is 24.6 Å². The van der Waals surface area contributed by atoms with Gasteiger partial charge in [0, 0.05) is 19.4 Å². The van der Waals surface area contributed by atoms with Gasteiger partial charge >= 0.3 is 12.1 Å². The van der Waals surface area contributed by atoms with E-state index in [0.29, 0.717) is 12.2 Å². The molecule has 0 unspecified atom stereocenters. The SMILES string of the molecule is C[C@@H]1OC(=O)[C@@H](NC(=O)O)CCO[C@H](Cc2ccc(F)cc2)[C@H]1Oc1ccccc1. The van der Waals surface area contributed by atoms with E-state index in [0.717, 1.165) is 5.56 Å². The number of esters is 1. The summed E-state index contributed by atoms with van der Waals surface area (Å²) in [5.74, 6) is -0.439. The van der Waals surface area contributed by atoms with E-state index in [1.165, 1.54) is 12.1 Å². The Balaban J connectivity index is 1.85. The number of rotatable bonds is 5. The van der Waals surface area contributed by atoms with Crippen molar-refractivity contribution in [1.29, 1.82) is 0 Å². The van der Waals surface area contributed by atoms with Crippen LogP contribution in [0.25, 0.3) is 0 Å². The molecule has 30 heavy (non-hydrogen) atoms. The fourth-order valence-electron chi connectivity index (χ4n) is 3.32. The summed E-state index contributed by atoms with van der Waals surface area (Å²) in [6.07, 6.45) is -2.69. The average Bonchev–Trinajstić information content (AvgIpc) is 2.76. The van der Waals surface area contributed by atoms with Gasteiger partial charge in [-0.2, -0.15) is 0 Å². The highest BCUT2D eigenvalue weighted by molar-refractivity contribution is 5.80. The van der Waals surface area contributed by atoms with Crippen LogP contribution >= 0.6 is 0 Å². The highest BCUT2D eigenvalue weighted by Crippen LogP contribution is 2.23. The van der Waals surface area contributed by atoms with Crippen molar-refractivity contribution in [3.8, 4) is 5.75 Å². The number of carbonyl (C=O) groups excluding carboxylic acids is 1. The fraction of sp³-hybridized carbons (Fsp3) is 0.364. The summed E-state index contributed by atoms with van der Waals surface area (Å²) in [6.45, 7) is 1.79. The van der Waals surface area contributed by atoms with E-state index >= 15 is 0 Å².